The molecular weight excluding hydrogens is 182 g/mol. The van der Waals surface area contributed by atoms with Gasteiger partial charge in [-0.25, -0.2) is 6.57 Å². The van der Waals surface area contributed by atoms with Gasteiger partial charge in [-0.1, -0.05) is 23.8 Å². The maximum absolute atomic E-state index is 7.28. The summed E-state index contributed by atoms with van der Waals surface area (Å²) in [7, 11) is 0. The van der Waals surface area contributed by atoms with Crippen LogP contribution in [0.1, 0.15) is 40.5 Å². The van der Waals surface area contributed by atoms with Crippen molar-refractivity contribution in [2.75, 3.05) is 0 Å². The van der Waals surface area contributed by atoms with Crippen LogP contribution >= 0.6 is 0 Å². The maximum atomic E-state index is 7.28. The predicted octanol–water partition coefficient (Wildman–Crippen LogP) is 4.23. The van der Waals surface area contributed by atoms with Crippen LogP contribution in [-0.4, -0.2) is 5.54 Å². The third-order valence-corrected chi connectivity index (χ3v) is 3.63. The molecule has 1 nitrogen and oxygen atoms in total. The van der Waals surface area contributed by atoms with Crippen LogP contribution in [0.15, 0.2) is 23.8 Å². The van der Waals surface area contributed by atoms with Crippen molar-refractivity contribution in [1.29, 1.82) is 0 Å². The van der Waals surface area contributed by atoms with Crippen LogP contribution in [0.5, 0.6) is 0 Å². The van der Waals surface area contributed by atoms with E-state index in [2.05, 4.69) is 31.3 Å². The van der Waals surface area contributed by atoms with Gasteiger partial charge in [0.2, 0.25) is 5.54 Å². The molecule has 0 aliphatic heterocycles. The van der Waals surface area contributed by atoms with Gasteiger partial charge in [0, 0.05) is 13.8 Å². The van der Waals surface area contributed by atoms with E-state index in [-0.39, 0.29) is 5.54 Å². The number of nitrogens with zero attached hydrogens (tertiary/aromatic N) is 1. The molecular formula is C14H21N. The van der Waals surface area contributed by atoms with Crippen molar-refractivity contribution in [2.45, 2.75) is 46.1 Å². The lowest BCUT2D eigenvalue weighted by Gasteiger charge is -2.32. The highest BCUT2D eigenvalue weighted by molar-refractivity contribution is 5.20. The van der Waals surface area contributed by atoms with E-state index < -0.39 is 0 Å². The molecule has 0 fully saturated rings. The van der Waals surface area contributed by atoms with Gasteiger partial charge in [-0.05, 0) is 32.6 Å². The Balaban J connectivity index is 2.91. The van der Waals surface area contributed by atoms with Gasteiger partial charge in [0.25, 0.3) is 0 Å². The summed E-state index contributed by atoms with van der Waals surface area (Å²) in [6.07, 6.45) is 4.49. The molecule has 0 saturated carbocycles. The number of hydrogen-bond donors (Lipinski definition) is 0. The smallest absolute Gasteiger partial charge is 0.233 e. The Labute approximate surface area is 93.7 Å². The summed E-state index contributed by atoms with van der Waals surface area (Å²) in [5.74, 6) is 0.963. The van der Waals surface area contributed by atoms with E-state index in [4.69, 9.17) is 6.57 Å². The lowest BCUT2D eigenvalue weighted by atomic mass is 9.71. The molecule has 1 unspecified atom stereocenters. The molecule has 0 aromatic rings. The van der Waals surface area contributed by atoms with Gasteiger partial charge >= 0.3 is 0 Å². The monoisotopic (exact) mass is 203 g/mol. The van der Waals surface area contributed by atoms with Gasteiger partial charge in [-0.3, -0.25) is 0 Å². The zero-order valence-corrected chi connectivity index (χ0v) is 10.3. The number of rotatable bonds is 2. The van der Waals surface area contributed by atoms with Gasteiger partial charge in [-0.2, -0.15) is 0 Å². The largest absolute Gasteiger partial charge is 0.310 e. The second-order valence-corrected chi connectivity index (χ2v) is 5.28. The third kappa shape index (κ3) is 2.50. The van der Waals surface area contributed by atoms with Crippen molar-refractivity contribution in [3.8, 4) is 0 Å². The van der Waals surface area contributed by atoms with Gasteiger partial charge in [0.1, 0.15) is 0 Å². The Morgan fingerprint density at radius 2 is 2.20 bits per heavy atom. The van der Waals surface area contributed by atoms with E-state index in [1.165, 1.54) is 11.1 Å². The van der Waals surface area contributed by atoms with Crippen LogP contribution < -0.4 is 0 Å². The zero-order chi connectivity index (χ0) is 11.6. The van der Waals surface area contributed by atoms with Crippen LogP contribution in [0.25, 0.3) is 4.85 Å². The van der Waals surface area contributed by atoms with Crippen molar-refractivity contribution in [1.82, 2.24) is 0 Å². The van der Waals surface area contributed by atoms with Crippen LogP contribution in [0.4, 0.5) is 0 Å². The summed E-state index contributed by atoms with van der Waals surface area (Å²) in [6, 6.07) is 0. The first kappa shape index (κ1) is 12.0. The summed E-state index contributed by atoms with van der Waals surface area (Å²) in [5.41, 5.74) is 2.37. The normalized spacial score (nSPS) is 26.7. The van der Waals surface area contributed by atoms with Crippen molar-refractivity contribution >= 4 is 0 Å². The highest BCUT2D eigenvalue weighted by atomic mass is 14.8. The fourth-order valence-corrected chi connectivity index (χ4v) is 2.36. The average molecular weight is 203 g/mol. The highest BCUT2D eigenvalue weighted by Gasteiger charge is 2.39. The van der Waals surface area contributed by atoms with Gasteiger partial charge in [0.05, 0.1) is 5.92 Å². The molecule has 15 heavy (non-hydrogen) atoms. The lowest BCUT2D eigenvalue weighted by molar-refractivity contribution is 0.333. The summed E-state index contributed by atoms with van der Waals surface area (Å²) in [4.78, 5) is 3.77. The van der Waals surface area contributed by atoms with E-state index >= 15 is 0 Å². The fraction of sp³-hybridized carbons (Fsp3) is 0.643. The topological polar surface area (TPSA) is 4.36 Å². The summed E-state index contributed by atoms with van der Waals surface area (Å²) < 4.78 is 0. The predicted molar refractivity (Wildman–Crippen MR) is 65.5 cm³/mol. The van der Waals surface area contributed by atoms with Gasteiger partial charge in [-0.15, -0.1) is 0 Å². The molecule has 1 aliphatic rings. The molecule has 0 bridgehead atoms. The second-order valence-electron chi connectivity index (χ2n) is 5.28. The molecule has 0 heterocycles. The summed E-state index contributed by atoms with van der Waals surface area (Å²) in [5, 5.41) is 0. The summed E-state index contributed by atoms with van der Waals surface area (Å²) in [6.45, 7) is 19.7. The fourth-order valence-electron chi connectivity index (χ4n) is 2.36. The Bertz CT molecular complexity index is 328. The Morgan fingerprint density at radius 3 is 2.67 bits per heavy atom. The Hall–Kier alpha value is -1.03. The number of hydrogen-bond acceptors (Lipinski definition) is 0. The molecule has 1 rings (SSSR count). The molecule has 0 radical (unpaired) electrons. The molecule has 0 aromatic heterocycles. The van der Waals surface area contributed by atoms with Crippen molar-refractivity contribution in [2.24, 2.45) is 11.8 Å². The first-order chi connectivity index (χ1) is 6.88. The van der Waals surface area contributed by atoms with E-state index in [0.29, 0.717) is 11.8 Å². The van der Waals surface area contributed by atoms with Crippen molar-refractivity contribution in [3.05, 3.63) is 35.2 Å². The van der Waals surface area contributed by atoms with E-state index in [0.717, 1.165) is 12.8 Å². The SMILES string of the molecule is [C-]#[N+]C(C)(C)C1C[C@H](C(=C)C)CC=C1C. The molecule has 0 N–H and O–H groups in total. The minimum Gasteiger partial charge on any atom is -0.310 e. The Kier molecular flexibility index (Phi) is 3.39. The first-order valence-corrected chi connectivity index (χ1v) is 5.59. The van der Waals surface area contributed by atoms with Crippen molar-refractivity contribution < 1.29 is 0 Å². The molecule has 0 saturated heterocycles. The average Bonchev–Trinajstić information content (AvgIpc) is 2.17. The molecule has 0 amide bonds. The summed E-state index contributed by atoms with van der Waals surface area (Å²) >= 11 is 0. The second kappa shape index (κ2) is 4.23. The van der Waals surface area contributed by atoms with Gasteiger partial charge in [0.15, 0.2) is 0 Å². The van der Waals surface area contributed by atoms with E-state index in [1.54, 1.807) is 0 Å². The van der Waals surface area contributed by atoms with Crippen LogP contribution in [-0.2, 0) is 0 Å². The van der Waals surface area contributed by atoms with Crippen LogP contribution in [0.3, 0.4) is 0 Å². The molecule has 2 atom stereocenters. The molecule has 1 aliphatic carbocycles. The quantitative estimate of drug-likeness (QED) is 0.467. The zero-order valence-electron chi connectivity index (χ0n) is 10.3. The van der Waals surface area contributed by atoms with Crippen LogP contribution in [0, 0.1) is 18.4 Å². The maximum Gasteiger partial charge on any atom is 0.233 e. The van der Waals surface area contributed by atoms with Gasteiger partial charge < -0.3 is 4.85 Å². The Morgan fingerprint density at radius 1 is 1.60 bits per heavy atom. The van der Waals surface area contributed by atoms with E-state index in [1.807, 2.05) is 13.8 Å². The first-order valence-electron chi connectivity index (χ1n) is 5.59. The lowest BCUT2D eigenvalue weighted by Crippen LogP contribution is -2.32. The van der Waals surface area contributed by atoms with Crippen molar-refractivity contribution in [3.63, 3.8) is 0 Å². The number of allylic oxidation sites excluding steroid dienone is 2. The molecule has 1 heteroatoms. The molecule has 0 aromatic carbocycles. The minimum absolute atomic E-state index is 0.269. The minimum atomic E-state index is -0.269. The van der Waals surface area contributed by atoms with E-state index in [9.17, 15) is 0 Å². The van der Waals surface area contributed by atoms with Crippen LogP contribution in [0.2, 0.25) is 0 Å². The third-order valence-electron chi connectivity index (χ3n) is 3.63. The highest BCUT2D eigenvalue weighted by Crippen LogP contribution is 2.40. The standard InChI is InChI=1S/C14H21N/c1-10(2)12-8-7-11(3)13(9-12)14(4,5)15-6/h7,12-13H,1,8-9H2,2-5H3/t12-,13?/m1/s1. The molecule has 82 valence electrons. The molecule has 0 spiro atoms.